The third-order valence-electron chi connectivity index (χ3n) is 3.13. The van der Waals surface area contributed by atoms with E-state index in [1.807, 2.05) is 0 Å². The van der Waals surface area contributed by atoms with E-state index >= 15 is 0 Å². The summed E-state index contributed by atoms with van der Waals surface area (Å²) in [4.78, 5) is 23.0. The van der Waals surface area contributed by atoms with E-state index in [0.717, 1.165) is 6.07 Å². The van der Waals surface area contributed by atoms with Gasteiger partial charge >= 0.3 is 12.0 Å². The zero-order chi connectivity index (χ0) is 15.5. The molecule has 2 amide bonds. The van der Waals surface area contributed by atoms with Gasteiger partial charge in [-0.2, -0.15) is 5.26 Å². The smallest absolute Gasteiger partial charge is 0.332 e. The van der Waals surface area contributed by atoms with E-state index < -0.39 is 23.4 Å². The first-order chi connectivity index (χ1) is 9.97. The Labute approximate surface area is 119 Å². The van der Waals surface area contributed by atoms with Crippen molar-refractivity contribution < 1.29 is 23.8 Å². The van der Waals surface area contributed by atoms with Gasteiger partial charge in [-0.05, 0) is 18.2 Å². The molecule has 1 atom stereocenters. The molecule has 1 unspecified atom stereocenters. The van der Waals surface area contributed by atoms with Crippen LogP contribution in [0.4, 0.5) is 14.9 Å². The van der Waals surface area contributed by atoms with Gasteiger partial charge in [0.05, 0.1) is 23.9 Å². The van der Waals surface area contributed by atoms with E-state index in [1.165, 1.54) is 12.1 Å². The maximum absolute atomic E-state index is 13.6. The quantitative estimate of drug-likeness (QED) is 0.771. The number of carbonyl (C=O) groups excluding carboxylic acids is 1. The second-order valence-electron chi connectivity index (χ2n) is 4.58. The first-order valence-electron chi connectivity index (χ1n) is 6.07. The zero-order valence-electron chi connectivity index (χ0n) is 10.9. The fourth-order valence-corrected chi connectivity index (χ4v) is 1.94. The van der Waals surface area contributed by atoms with Gasteiger partial charge in [0, 0.05) is 13.0 Å². The number of benzene rings is 1. The summed E-state index contributed by atoms with van der Waals surface area (Å²) >= 11 is 0. The highest BCUT2D eigenvalue weighted by molar-refractivity contribution is 5.94. The van der Waals surface area contributed by atoms with Crippen LogP contribution < -0.4 is 10.6 Å². The second kappa shape index (κ2) is 5.76. The van der Waals surface area contributed by atoms with Crippen molar-refractivity contribution in [1.82, 2.24) is 5.32 Å². The van der Waals surface area contributed by atoms with E-state index in [0.29, 0.717) is 0 Å². The molecule has 1 heterocycles. The molecule has 21 heavy (non-hydrogen) atoms. The number of nitrogens with zero attached hydrogens (tertiary/aromatic N) is 1. The number of carboxylic acid groups (broad SMARTS) is 1. The molecule has 1 aliphatic heterocycles. The number of carboxylic acids is 1. The molecular weight excluding hydrogens is 281 g/mol. The molecule has 0 saturated carbocycles. The summed E-state index contributed by atoms with van der Waals surface area (Å²) in [6.45, 7) is 0.0728. The minimum absolute atomic E-state index is 0.115. The van der Waals surface area contributed by atoms with Crippen molar-refractivity contribution in [3.05, 3.63) is 29.6 Å². The number of amides is 2. The summed E-state index contributed by atoms with van der Waals surface area (Å²) < 4.78 is 18.6. The van der Waals surface area contributed by atoms with Crippen LogP contribution in [0.5, 0.6) is 0 Å². The summed E-state index contributed by atoms with van der Waals surface area (Å²) in [7, 11) is 0. The average molecular weight is 293 g/mol. The summed E-state index contributed by atoms with van der Waals surface area (Å²) in [6, 6.07) is 4.45. The molecule has 110 valence electrons. The molecule has 7 nitrogen and oxygen atoms in total. The number of rotatable bonds is 3. The molecule has 2 rings (SSSR count). The third-order valence-corrected chi connectivity index (χ3v) is 3.13. The second-order valence-corrected chi connectivity index (χ2v) is 4.58. The van der Waals surface area contributed by atoms with Crippen molar-refractivity contribution in [3.63, 3.8) is 0 Å². The van der Waals surface area contributed by atoms with Crippen molar-refractivity contribution in [2.75, 3.05) is 18.5 Å². The maximum Gasteiger partial charge on any atom is 0.332 e. The molecule has 3 N–H and O–H groups in total. The zero-order valence-corrected chi connectivity index (χ0v) is 10.9. The molecule has 1 fully saturated rings. The summed E-state index contributed by atoms with van der Waals surface area (Å²) in [5, 5.41) is 22.3. The molecule has 0 aliphatic carbocycles. The molecule has 0 aromatic heterocycles. The Kier molecular flexibility index (Phi) is 4.05. The molecule has 0 bridgehead atoms. The molecule has 1 aliphatic rings. The molecule has 8 heteroatoms. The SMILES string of the molecule is N#Cc1ccc(NC(=O)NC2(C(=O)O)CCOC2)c(F)c1. The van der Waals surface area contributed by atoms with Gasteiger partial charge in [0.15, 0.2) is 5.54 Å². The topological polar surface area (TPSA) is 111 Å². The lowest BCUT2D eigenvalue weighted by Crippen LogP contribution is -2.56. The van der Waals surface area contributed by atoms with Gasteiger partial charge in [0.2, 0.25) is 0 Å². The molecule has 1 aromatic carbocycles. The van der Waals surface area contributed by atoms with E-state index in [-0.39, 0.29) is 30.9 Å². The Hall–Kier alpha value is -2.66. The van der Waals surface area contributed by atoms with Crippen LogP contribution in [0.15, 0.2) is 18.2 Å². The number of carbonyl (C=O) groups is 2. The maximum atomic E-state index is 13.6. The molecule has 0 radical (unpaired) electrons. The highest BCUT2D eigenvalue weighted by atomic mass is 19.1. The predicted octanol–water partition coefficient (Wildman–Crippen LogP) is 1.06. The lowest BCUT2D eigenvalue weighted by atomic mass is 9.99. The summed E-state index contributed by atoms with van der Waals surface area (Å²) in [6.07, 6.45) is 0.131. The fourth-order valence-electron chi connectivity index (χ4n) is 1.94. The Morgan fingerprint density at radius 2 is 2.24 bits per heavy atom. The number of anilines is 1. The Morgan fingerprint density at radius 1 is 1.48 bits per heavy atom. The molecule has 1 saturated heterocycles. The van der Waals surface area contributed by atoms with Crippen LogP contribution in [0.2, 0.25) is 0 Å². The van der Waals surface area contributed by atoms with Gasteiger partial charge in [0.1, 0.15) is 5.82 Å². The Morgan fingerprint density at radius 3 is 2.76 bits per heavy atom. The number of hydrogen-bond donors (Lipinski definition) is 3. The number of nitrogens with one attached hydrogen (secondary N) is 2. The largest absolute Gasteiger partial charge is 0.479 e. The van der Waals surface area contributed by atoms with Gasteiger partial charge in [-0.3, -0.25) is 0 Å². The van der Waals surface area contributed by atoms with Gasteiger partial charge in [0.25, 0.3) is 0 Å². The van der Waals surface area contributed by atoms with Crippen LogP contribution in [-0.2, 0) is 9.53 Å². The molecule has 0 spiro atoms. The first kappa shape index (κ1) is 14.7. The minimum Gasteiger partial charge on any atom is -0.479 e. The number of aliphatic carboxylic acids is 1. The van der Waals surface area contributed by atoms with Crippen LogP contribution >= 0.6 is 0 Å². The van der Waals surface area contributed by atoms with Crippen molar-refractivity contribution in [1.29, 1.82) is 5.26 Å². The van der Waals surface area contributed by atoms with Gasteiger partial charge < -0.3 is 20.5 Å². The van der Waals surface area contributed by atoms with Gasteiger partial charge in [-0.15, -0.1) is 0 Å². The van der Waals surface area contributed by atoms with Crippen LogP contribution in [0.1, 0.15) is 12.0 Å². The van der Waals surface area contributed by atoms with Crippen molar-refractivity contribution in [2.24, 2.45) is 0 Å². The minimum atomic E-state index is -1.51. The lowest BCUT2D eigenvalue weighted by Gasteiger charge is -2.23. The van der Waals surface area contributed by atoms with Crippen LogP contribution in [0.25, 0.3) is 0 Å². The standard InChI is InChI=1S/C13H12FN3O4/c14-9-5-8(6-15)1-2-10(9)16-12(20)17-13(11(18)19)3-4-21-7-13/h1-2,5H,3-4,7H2,(H,18,19)(H2,16,17,20). The number of urea groups is 1. The summed E-state index contributed by atoms with van der Waals surface area (Å²) in [5.74, 6) is -1.99. The van der Waals surface area contributed by atoms with Crippen LogP contribution in [0, 0.1) is 17.1 Å². The number of hydrogen-bond acceptors (Lipinski definition) is 4. The average Bonchev–Trinajstić information content (AvgIpc) is 2.90. The molecule has 1 aromatic rings. The fraction of sp³-hybridized carbons (Fsp3) is 0.308. The molecular formula is C13H12FN3O4. The van der Waals surface area contributed by atoms with Gasteiger partial charge in [-0.25, -0.2) is 14.0 Å². The van der Waals surface area contributed by atoms with E-state index in [9.17, 15) is 14.0 Å². The number of nitriles is 1. The van der Waals surface area contributed by atoms with E-state index in [2.05, 4.69) is 10.6 Å². The van der Waals surface area contributed by atoms with Gasteiger partial charge in [-0.1, -0.05) is 0 Å². The van der Waals surface area contributed by atoms with E-state index in [1.54, 1.807) is 6.07 Å². The monoisotopic (exact) mass is 293 g/mol. The highest BCUT2D eigenvalue weighted by Crippen LogP contribution is 2.20. The normalized spacial score (nSPS) is 20.6. The number of halogens is 1. The highest BCUT2D eigenvalue weighted by Gasteiger charge is 2.44. The Balaban J connectivity index is 2.08. The number of ether oxygens (including phenoxy) is 1. The van der Waals surface area contributed by atoms with Crippen LogP contribution in [-0.4, -0.2) is 35.9 Å². The summed E-state index contributed by atoms with van der Waals surface area (Å²) in [5.41, 5.74) is -1.54. The van der Waals surface area contributed by atoms with Crippen molar-refractivity contribution >= 4 is 17.7 Å². The Bertz CT molecular complexity index is 620. The van der Waals surface area contributed by atoms with Crippen molar-refractivity contribution in [2.45, 2.75) is 12.0 Å². The predicted molar refractivity (Wildman–Crippen MR) is 69.1 cm³/mol. The first-order valence-corrected chi connectivity index (χ1v) is 6.07. The van der Waals surface area contributed by atoms with E-state index in [4.69, 9.17) is 15.1 Å². The van der Waals surface area contributed by atoms with Crippen LogP contribution in [0.3, 0.4) is 0 Å². The third kappa shape index (κ3) is 3.09. The lowest BCUT2D eigenvalue weighted by molar-refractivity contribution is -0.144. The van der Waals surface area contributed by atoms with Crippen molar-refractivity contribution in [3.8, 4) is 6.07 Å².